The maximum absolute atomic E-state index is 11.5. The third kappa shape index (κ3) is 1.46. The van der Waals surface area contributed by atoms with E-state index in [2.05, 4.69) is 20.4 Å². The number of hydrogen-bond acceptors (Lipinski definition) is 2. The molecule has 2 fully saturated rings. The molecule has 0 aliphatic heterocycles. The van der Waals surface area contributed by atoms with E-state index in [1.165, 1.54) is 0 Å². The number of aliphatic hydroxyl groups excluding tert-OH is 1. The fourth-order valence-corrected chi connectivity index (χ4v) is 3.84. The second-order valence-electron chi connectivity index (χ2n) is 5.99. The summed E-state index contributed by atoms with van der Waals surface area (Å²) in [6.45, 7) is 7.99. The SMILES string of the molecule is C=CC[C@@]12CC(=O)C[C@@H]1[C@@H](O)C(C)(C)C2. The van der Waals surface area contributed by atoms with Crippen molar-refractivity contribution in [3.63, 3.8) is 0 Å². The number of rotatable bonds is 2. The number of aliphatic hydroxyl groups is 1. The molecule has 2 saturated carbocycles. The Morgan fingerprint density at radius 1 is 1.60 bits per heavy atom. The van der Waals surface area contributed by atoms with E-state index < -0.39 is 0 Å². The lowest BCUT2D eigenvalue weighted by Gasteiger charge is -2.27. The zero-order valence-corrected chi connectivity index (χ0v) is 9.62. The minimum Gasteiger partial charge on any atom is -0.392 e. The van der Waals surface area contributed by atoms with Crippen molar-refractivity contribution in [1.29, 1.82) is 0 Å². The summed E-state index contributed by atoms with van der Waals surface area (Å²) in [5, 5.41) is 10.3. The Labute approximate surface area is 91.4 Å². The highest BCUT2D eigenvalue weighted by molar-refractivity contribution is 5.82. The number of hydrogen-bond donors (Lipinski definition) is 1. The molecule has 84 valence electrons. The van der Waals surface area contributed by atoms with E-state index in [1.54, 1.807) is 0 Å². The molecule has 2 rings (SSSR count). The van der Waals surface area contributed by atoms with Crippen molar-refractivity contribution >= 4 is 5.78 Å². The van der Waals surface area contributed by atoms with Crippen molar-refractivity contribution in [1.82, 2.24) is 0 Å². The van der Waals surface area contributed by atoms with E-state index in [-0.39, 0.29) is 22.9 Å². The summed E-state index contributed by atoms with van der Waals surface area (Å²) < 4.78 is 0. The van der Waals surface area contributed by atoms with Crippen molar-refractivity contribution in [2.24, 2.45) is 16.7 Å². The third-order valence-electron chi connectivity index (χ3n) is 4.32. The van der Waals surface area contributed by atoms with Gasteiger partial charge in [-0.15, -0.1) is 6.58 Å². The van der Waals surface area contributed by atoms with E-state index in [0.717, 1.165) is 12.8 Å². The van der Waals surface area contributed by atoms with Crippen LogP contribution in [0.5, 0.6) is 0 Å². The zero-order valence-electron chi connectivity index (χ0n) is 9.62. The standard InChI is InChI=1S/C13H20O2/c1-4-5-13-7-9(14)6-10(13)11(15)12(2,3)8-13/h4,10-11,15H,1,5-8H2,2-3H3/t10-,11-,13+/m1/s1. The van der Waals surface area contributed by atoms with Gasteiger partial charge in [-0.2, -0.15) is 0 Å². The maximum Gasteiger partial charge on any atom is 0.133 e. The van der Waals surface area contributed by atoms with Crippen LogP contribution in [0, 0.1) is 16.7 Å². The van der Waals surface area contributed by atoms with Gasteiger partial charge in [-0.05, 0) is 29.6 Å². The van der Waals surface area contributed by atoms with Gasteiger partial charge in [-0.25, -0.2) is 0 Å². The molecule has 0 amide bonds. The molecule has 0 heterocycles. The number of fused-ring (bicyclic) bond motifs is 1. The monoisotopic (exact) mass is 208 g/mol. The van der Waals surface area contributed by atoms with Gasteiger partial charge < -0.3 is 5.11 Å². The quantitative estimate of drug-likeness (QED) is 0.707. The maximum atomic E-state index is 11.5. The van der Waals surface area contributed by atoms with Gasteiger partial charge >= 0.3 is 0 Å². The molecule has 1 N–H and O–H groups in total. The minimum absolute atomic E-state index is 0.0156. The molecule has 15 heavy (non-hydrogen) atoms. The summed E-state index contributed by atoms with van der Waals surface area (Å²) in [5.74, 6) is 0.481. The molecular formula is C13H20O2. The summed E-state index contributed by atoms with van der Waals surface area (Å²) in [5.41, 5.74) is -0.0316. The molecule has 0 spiro atoms. The third-order valence-corrected chi connectivity index (χ3v) is 4.32. The highest BCUT2D eigenvalue weighted by Crippen LogP contribution is 2.61. The Hall–Kier alpha value is -0.630. The molecule has 2 aliphatic rings. The van der Waals surface area contributed by atoms with Crippen LogP contribution < -0.4 is 0 Å². The number of carbonyl (C=O) groups is 1. The van der Waals surface area contributed by atoms with Crippen LogP contribution in [0.15, 0.2) is 12.7 Å². The normalized spacial score (nSPS) is 43.0. The Balaban J connectivity index is 2.33. The van der Waals surface area contributed by atoms with Gasteiger partial charge in [0.25, 0.3) is 0 Å². The molecular weight excluding hydrogens is 188 g/mol. The Morgan fingerprint density at radius 3 is 2.87 bits per heavy atom. The lowest BCUT2D eigenvalue weighted by molar-refractivity contribution is -0.118. The molecule has 3 atom stereocenters. The molecule has 0 aromatic heterocycles. The molecule has 0 radical (unpaired) electrons. The predicted molar refractivity (Wildman–Crippen MR) is 59.4 cm³/mol. The average Bonchev–Trinajstić information content (AvgIpc) is 2.47. The molecule has 0 bridgehead atoms. The van der Waals surface area contributed by atoms with Crippen LogP contribution in [0.3, 0.4) is 0 Å². The van der Waals surface area contributed by atoms with E-state index in [0.29, 0.717) is 18.6 Å². The van der Waals surface area contributed by atoms with Crippen LogP contribution in [-0.2, 0) is 4.79 Å². The lowest BCUT2D eigenvalue weighted by atomic mass is 9.76. The first-order valence-corrected chi connectivity index (χ1v) is 5.72. The summed E-state index contributed by atoms with van der Waals surface area (Å²) in [7, 11) is 0. The molecule has 2 heteroatoms. The van der Waals surface area contributed by atoms with Crippen LogP contribution in [0.4, 0.5) is 0 Å². The second kappa shape index (κ2) is 3.18. The molecule has 0 unspecified atom stereocenters. The summed E-state index contributed by atoms with van der Waals surface area (Å²) in [6, 6.07) is 0. The van der Waals surface area contributed by atoms with Gasteiger partial charge in [0.15, 0.2) is 0 Å². The summed E-state index contributed by atoms with van der Waals surface area (Å²) >= 11 is 0. The molecule has 0 aromatic rings. The second-order valence-corrected chi connectivity index (χ2v) is 5.99. The Bertz CT molecular complexity index is 306. The zero-order chi connectivity index (χ0) is 11.3. The minimum atomic E-state index is -0.330. The fourth-order valence-electron chi connectivity index (χ4n) is 3.84. The predicted octanol–water partition coefficient (Wildman–Crippen LogP) is 2.32. The van der Waals surface area contributed by atoms with Gasteiger partial charge in [0, 0.05) is 12.8 Å². The van der Waals surface area contributed by atoms with Crippen LogP contribution >= 0.6 is 0 Å². The van der Waals surface area contributed by atoms with Crippen LogP contribution in [0.1, 0.15) is 39.5 Å². The molecule has 0 aromatic carbocycles. The van der Waals surface area contributed by atoms with Gasteiger partial charge in [0.05, 0.1) is 6.10 Å². The van der Waals surface area contributed by atoms with E-state index in [9.17, 15) is 9.90 Å². The van der Waals surface area contributed by atoms with Crippen molar-refractivity contribution in [2.45, 2.75) is 45.6 Å². The number of Topliss-reactive ketones (excluding diaryl/α,β-unsaturated/α-hetero) is 1. The average molecular weight is 208 g/mol. The largest absolute Gasteiger partial charge is 0.392 e. The van der Waals surface area contributed by atoms with Crippen molar-refractivity contribution in [3.8, 4) is 0 Å². The molecule has 0 saturated heterocycles. The molecule has 2 nitrogen and oxygen atoms in total. The highest BCUT2D eigenvalue weighted by atomic mass is 16.3. The number of carbonyl (C=O) groups excluding carboxylic acids is 1. The van der Waals surface area contributed by atoms with Gasteiger partial charge in [0.2, 0.25) is 0 Å². The topological polar surface area (TPSA) is 37.3 Å². The fraction of sp³-hybridized carbons (Fsp3) is 0.769. The number of ketones is 1. The first-order chi connectivity index (χ1) is 6.91. The summed E-state index contributed by atoms with van der Waals surface area (Å²) in [4.78, 5) is 11.5. The van der Waals surface area contributed by atoms with Gasteiger partial charge in [0.1, 0.15) is 5.78 Å². The van der Waals surface area contributed by atoms with Crippen molar-refractivity contribution in [3.05, 3.63) is 12.7 Å². The van der Waals surface area contributed by atoms with E-state index in [1.807, 2.05) is 6.08 Å². The van der Waals surface area contributed by atoms with Crippen LogP contribution in [-0.4, -0.2) is 17.0 Å². The van der Waals surface area contributed by atoms with Crippen LogP contribution in [0.2, 0.25) is 0 Å². The smallest absolute Gasteiger partial charge is 0.133 e. The van der Waals surface area contributed by atoms with E-state index >= 15 is 0 Å². The highest BCUT2D eigenvalue weighted by Gasteiger charge is 2.59. The van der Waals surface area contributed by atoms with Crippen molar-refractivity contribution < 1.29 is 9.90 Å². The Kier molecular flexibility index (Phi) is 2.30. The van der Waals surface area contributed by atoms with E-state index in [4.69, 9.17) is 0 Å². The summed E-state index contributed by atoms with van der Waals surface area (Å²) in [6.07, 6.45) is 4.60. The first-order valence-electron chi connectivity index (χ1n) is 5.72. The lowest BCUT2D eigenvalue weighted by Crippen LogP contribution is -2.28. The van der Waals surface area contributed by atoms with Crippen LogP contribution in [0.25, 0.3) is 0 Å². The molecule has 2 aliphatic carbocycles. The van der Waals surface area contributed by atoms with Gasteiger partial charge in [-0.1, -0.05) is 19.9 Å². The first kappa shape index (κ1) is 10.9. The van der Waals surface area contributed by atoms with Gasteiger partial charge in [-0.3, -0.25) is 4.79 Å². The number of allylic oxidation sites excluding steroid dienone is 1. The Morgan fingerprint density at radius 2 is 2.27 bits per heavy atom. The van der Waals surface area contributed by atoms with Crippen molar-refractivity contribution in [2.75, 3.05) is 0 Å².